The van der Waals surface area contributed by atoms with E-state index in [0.29, 0.717) is 25.5 Å². The molecule has 1 aromatic rings. The van der Waals surface area contributed by atoms with Crippen LogP contribution in [-0.2, 0) is 4.79 Å². The number of hydrogen-bond acceptors (Lipinski definition) is 4. The highest BCUT2D eigenvalue weighted by Gasteiger charge is 2.22. The smallest absolute Gasteiger partial charge is 0.217 e. The third-order valence-electron chi connectivity index (χ3n) is 4.30. The number of carbonyl (C=O) groups is 1. The Bertz CT molecular complexity index is 505. The molecule has 23 heavy (non-hydrogen) atoms. The monoisotopic (exact) mass is 320 g/mol. The number of nitrogens with zero attached hydrogens (tertiary/aromatic N) is 1. The fourth-order valence-corrected chi connectivity index (χ4v) is 3.22. The average Bonchev–Trinajstić information content (AvgIpc) is 2.46. The number of carbonyl (C=O) groups excluding carboxylic acids is 1. The molecular weight excluding hydrogens is 292 g/mol. The highest BCUT2D eigenvalue weighted by atomic mass is 16.5. The van der Waals surface area contributed by atoms with E-state index in [-0.39, 0.29) is 5.91 Å². The molecule has 0 saturated carbocycles. The fourth-order valence-electron chi connectivity index (χ4n) is 3.22. The average molecular weight is 320 g/mol. The van der Waals surface area contributed by atoms with Crippen LogP contribution < -0.4 is 10.5 Å². The van der Waals surface area contributed by atoms with Crippen LogP contribution in [0.4, 0.5) is 0 Å². The molecule has 5 nitrogen and oxygen atoms in total. The molecule has 128 valence electrons. The van der Waals surface area contributed by atoms with E-state index in [1.54, 1.807) is 0 Å². The van der Waals surface area contributed by atoms with Crippen molar-refractivity contribution in [3.05, 3.63) is 29.3 Å². The molecule has 0 aromatic heterocycles. The molecule has 0 bridgehead atoms. The van der Waals surface area contributed by atoms with E-state index in [0.717, 1.165) is 42.8 Å². The Labute approximate surface area is 138 Å². The number of β-amino-alcohol motifs (C(OH)–C–C–N with tert-alkyl or cyclic N) is 1. The van der Waals surface area contributed by atoms with Gasteiger partial charge in [-0.3, -0.25) is 4.79 Å². The summed E-state index contributed by atoms with van der Waals surface area (Å²) < 4.78 is 5.71. The van der Waals surface area contributed by atoms with Crippen LogP contribution in [0.3, 0.4) is 0 Å². The lowest BCUT2D eigenvalue weighted by Gasteiger charge is -2.32. The molecule has 5 heteroatoms. The molecule has 1 aliphatic heterocycles. The van der Waals surface area contributed by atoms with Crippen molar-refractivity contribution in [3.8, 4) is 5.75 Å². The van der Waals surface area contributed by atoms with E-state index in [1.165, 1.54) is 0 Å². The predicted octanol–water partition coefficient (Wildman–Crippen LogP) is 1.63. The van der Waals surface area contributed by atoms with Gasteiger partial charge in [0.25, 0.3) is 0 Å². The number of piperidine rings is 1. The van der Waals surface area contributed by atoms with E-state index in [4.69, 9.17) is 10.5 Å². The van der Waals surface area contributed by atoms with Gasteiger partial charge in [-0.05, 0) is 69.0 Å². The van der Waals surface area contributed by atoms with E-state index < -0.39 is 6.10 Å². The lowest BCUT2D eigenvalue weighted by molar-refractivity contribution is -0.119. The number of primary amides is 1. The topological polar surface area (TPSA) is 75.8 Å². The van der Waals surface area contributed by atoms with Crippen LogP contribution in [0.2, 0.25) is 0 Å². The second-order valence-electron chi connectivity index (χ2n) is 6.70. The van der Waals surface area contributed by atoms with Crippen molar-refractivity contribution in [1.29, 1.82) is 0 Å². The number of likely N-dealkylation sites (tertiary alicyclic amines) is 1. The van der Waals surface area contributed by atoms with Gasteiger partial charge in [-0.25, -0.2) is 0 Å². The van der Waals surface area contributed by atoms with Crippen LogP contribution in [0, 0.1) is 19.8 Å². The quantitative estimate of drug-likeness (QED) is 0.801. The lowest BCUT2D eigenvalue weighted by Crippen LogP contribution is -2.41. The van der Waals surface area contributed by atoms with Crippen molar-refractivity contribution in [2.75, 3.05) is 26.2 Å². The molecule has 1 saturated heterocycles. The first-order valence-corrected chi connectivity index (χ1v) is 8.32. The second-order valence-corrected chi connectivity index (χ2v) is 6.70. The van der Waals surface area contributed by atoms with Gasteiger partial charge in [-0.15, -0.1) is 0 Å². The Kier molecular flexibility index (Phi) is 6.42. The van der Waals surface area contributed by atoms with Gasteiger partial charge in [0.1, 0.15) is 18.5 Å². The Morgan fingerprint density at radius 2 is 1.91 bits per heavy atom. The second kappa shape index (κ2) is 8.31. The van der Waals surface area contributed by atoms with Gasteiger partial charge in [-0.1, -0.05) is 6.07 Å². The molecule has 1 atom stereocenters. The summed E-state index contributed by atoms with van der Waals surface area (Å²) in [4.78, 5) is 13.2. The maximum Gasteiger partial charge on any atom is 0.217 e. The number of benzene rings is 1. The number of aliphatic hydroxyl groups is 1. The summed E-state index contributed by atoms with van der Waals surface area (Å²) in [5.41, 5.74) is 7.56. The van der Waals surface area contributed by atoms with Crippen LogP contribution in [0.1, 0.15) is 30.4 Å². The maximum absolute atomic E-state index is 10.9. The third kappa shape index (κ3) is 6.20. The van der Waals surface area contributed by atoms with Gasteiger partial charge in [0, 0.05) is 13.0 Å². The zero-order chi connectivity index (χ0) is 16.8. The molecule has 1 aromatic carbocycles. The van der Waals surface area contributed by atoms with E-state index >= 15 is 0 Å². The van der Waals surface area contributed by atoms with Crippen LogP contribution in [-0.4, -0.2) is 48.3 Å². The first-order valence-electron chi connectivity index (χ1n) is 8.32. The van der Waals surface area contributed by atoms with E-state index in [1.807, 2.05) is 26.0 Å². The molecule has 0 spiro atoms. The van der Waals surface area contributed by atoms with Crippen molar-refractivity contribution in [2.24, 2.45) is 11.7 Å². The summed E-state index contributed by atoms with van der Waals surface area (Å²) in [6.07, 6.45) is 1.90. The predicted molar refractivity (Wildman–Crippen MR) is 90.4 cm³/mol. The van der Waals surface area contributed by atoms with Crippen molar-refractivity contribution < 1.29 is 14.6 Å². The van der Waals surface area contributed by atoms with E-state index in [2.05, 4.69) is 11.0 Å². The molecule has 2 rings (SSSR count). The fraction of sp³-hybridized carbons (Fsp3) is 0.611. The standard InChI is InChI=1S/C18H28N2O3/c1-13-7-14(2)9-17(8-13)23-12-16(21)11-20-5-3-15(4-6-20)10-18(19)22/h7-9,15-16,21H,3-6,10-12H2,1-2H3,(H2,19,22)/t16-/m0/s1. The van der Waals surface area contributed by atoms with Crippen molar-refractivity contribution in [3.63, 3.8) is 0 Å². The molecule has 3 N–H and O–H groups in total. The number of nitrogens with two attached hydrogens (primary N) is 1. The molecule has 1 heterocycles. The number of rotatable bonds is 7. The van der Waals surface area contributed by atoms with Crippen LogP contribution in [0.15, 0.2) is 18.2 Å². The summed E-state index contributed by atoms with van der Waals surface area (Å²) in [5.74, 6) is 0.986. The molecular formula is C18H28N2O3. The van der Waals surface area contributed by atoms with Crippen LogP contribution in [0.25, 0.3) is 0 Å². The Morgan fingerprint density at radius 1 is 1.30 bits per heavy atom. The summed E-state index contributed by atoms with van der Waals surface area (Å²) in [6, 6.07) is 6.06. The number of ether oxygens (including phenoxy) is 1. The van der Waals surface area contributed by atoms with Crippen molar-refractivity contribution >= 4 is 5.91 Å². The minimum absolute atomic E-state index is 0.217. The molecule has 0 unspecified atom stereocenters. The van der Waals surface area contributed by atoms with Gasteiger partial charge in [0.15, 0.2) is 0 Å². The Morgan fingerprint density at radius 3 is 2.48 bits per heavy atom. The summed E-state index contributed by atoms with van der Waals surface area (Å²) in [5, 5.41) is 10.2. The lowest BCUT2D eigenvalue weighted by atomic mass is 9.93. The summed E-state index contributed by atoms with van der Waals surface area (Å²) in [7, 11) is 0. The molecule has 0 aliphatic carbocycles. The van der Waals surface area contributed by atoms with Crippen molar-refractivity contribution in [2.45, 2.75) is 39.2 Å². The largest absolute Gasteiger partial charge is 0.491 e. The number of amides is 1. The van der Waals surface area contributed by atoms with Gasteiger partial charge < -0.3 is 20.5 Å². The van der Waals surface area contributed by atoms with Crippen molar-refractivity contribution in [1.82, 2.24) is 4.90 Å². The van der Waals surface area contributed by atoms with Gasteiger partial charge in [-0.2, -0.15) is 0 Å². The number of aryl methyl sites for hydroxylation is 2. The highest BCUT2D eigenvalue weighted by Crippen LogP contribution is 2.20. The molecule has 1 aliphatic rings. The van der Waals surface area contributed by atoms with Gasteiger partial charge >= 0.3 is 0 Å². The van der Waals surface area contributed by atoms with Gasteiger partial charge in [0.2, 0.25) is 5.91 Å². The maximum atomic E-state index is 10.9. The minimum atomic E-state index is -0.511. The molecule has 1 fully saturated rings. The number of aliphatic hydroxyl groups excluding tert-OH is 1. The Balaban J connectivity index is 1.71. The van der Waals surface area contributed by atoms with Crippen LogP contribution >= 0.6 is 0 Å². The molecule has 1 amide bonds. The highest BCUT2D eigenvalue weighted by molar-refractivity contribution is 5.73. The van der Waals surface area contributed by atoms with Gasteiger partial charge in [0.05, 0.1) is 0 Å². The first-order chi connectivity index (χ1) is 10.9. The van der Waals surface area contributed by atoms with Crippen LogP contribution in [0.5, 0.6) is 5.75 Å². The third-order valence-corrected chi connectivity index (χ3v) is 4.30. The normalized spacial score (nSPS) is 17.9. The SMILES string of the molecule is Cc1cc(C)cc(OC[C@@H](O)CN2CCC(CC(N)=O)CC2)c1. The Hall–Kier alpha value is -1.59. The zero-order valence-corrected chi connectivity index (χ0v) is 14.1. The van der Waals surface area contributed by atoms with E-state index in [9.17, 15) is 9.90 Å². The summed E-state index contributed by atoms with van der Waals surface area (Å²) in [6.45, 7) is 6.77. The zero-order valence-electron chi connectivity index (χ0n) is 14.1. The molecule has 0 radical (unpaired) electrons. The number of hydrogen-bond donors (Lipinski definition) is 2. The first kappa shape index (κ1) is 17.8. The minimum Gasteiger partial charge on any atom is -0.491 e. The summed E-state index contributed by atoms with van der Waals surface area (Å²) >= 11 is 0.